The van der Waals surface area contributed by atoms with E-state index < -0.39 is 0 Å². The lowest BCUT2D eigenvalue weighted by molar-refractivity contribution is 0.0600. The molecule has 0 aliphatic heterocycles. The molecule has 0 fully saturated rings. The zero-order chi connectivity index (χ0) is 16.9. The number of rotatable bonds is 6. The molecule has 0 atom stereocenters. The van der Waals surface area contributed by atoms with E-state index in [0.29, 0.717) is 24.6 Å². The van der Waals surface area contributed by atoms with E-state index >= 15 is 0 Å². The molecule has 8 heteroatoms. The lowest BCUT2D eigenvalue weighted by atomic mass is 10.1. The molecule has 1 N–H and O–H groups in total. The minimum absolute atomic E-state index is 0.362. The van der Waals surface area contributed by atoms with Gasteiger partial charge in [-0.25, -0.2) is 9.48 Å². The highest BCUT2D eigenvalue weighted by molar-refractivity contribution is 5.89. The van der Waals surface area contributed by atoms with Gasteiger partial charge in [-0.05, 0) is 41.6 Å². The number of anilines is 1. The number of aromatic nitrogens is 4. The second kappa shape index (κ2) is 6.95. The maximum Gasteiger partial charge on any atom is 0.337 e. The maximum absolute atomic E-state index is 11.4. The highest BCUT2D eigenvalue weighted by Crippen LogP contribution is 2.23. The lowest BCUT2D eigenvalue weighted by Crippen LogP contribution is -2.07. The Morgan fingerprint density at radius 1 is 1.25 bits per heavy atom. The predicted octanol–water partition coefficient (Wildman–Crippen LogP) is 2.35. The van der Waals surface area contributed by atoms with Gasteiger partial charge in [0, 0.05) is 12.1 Å². The zero-order valence-corrected chi connectivity index (χ0v) is 13.4. The fraction of sp³-hybridized carbons (Fsp3) is 0.250. The van der Waals surface area contributed by atoms with Crippen LogP contribution in [0, 0.1) is 0 Å². The zero-order valence-electron chi connectivity index (χ0n) is 13.4. The van der Waals surface area contributed by atoms with Gasteiger partial charge in [-0.1, -0.05) is 17.2 Å². The summed E-state index contributed by atoms with van der Waals surface area (Å²) in [6.07, 6.45) is 0. The van der Waals surface area contributed by atoms with Crippen LogP contribution in [0.2, 0.25) is 0 Å². The van der Waals surface area contributed by atoms with Gasteiger partial charge < -0.3 is 14.5 Å². The molecular formula is C16H17N5O3. The number of benzene rings is 1. The number of hydrogen-bond donors (Lipinski definition) is 1. The van der Waals surface area contributed by atoms with Crippen molar-refractivity contribution in [1.29, 1.82) is 0 Å². The molecule has 0 unspecified atom stereocenters. The average Bonchev–Trinajstić information content (AvgIpc) is 3.28. The third-order valence-electron chi connectivity index (χ3n) is 3.50. The van der Waals surface area contributed by atoms with Crippen LogP contribution in [-0.4, -0.2) is 33.3 Å². The monoisotopic (exact) mass is 327 g/mol. The van der Waals surface area contributed by atoms with E-state index in [0.717, 1.165) is 17.1 Å². The van der Waals surface area contributed by atoms with Crippen LogP contribution >= 0.6 is 0 Å². The standard InChI is InChI=1S/C16H17N5O3/c1-3-21-16(18-19-20-21)17-10-13-8-9-14(24-13)11-4-6-12(7-5-11)15(22)23-2/h4-9H,3,10H2,1-2H3,(H,17,18,20). The van der Waals surface area contributed by atoms with Crippen LogP contribution < -0.4 is 5.32 Å². The number of methoxy groups -OCH3 is 1. The number of hydrogen-bond acceptors (Lipinski definition) is 7. The quantitative estimate of drug-likeness (QED) is 0.694. The Morgan fingerprint density at radius 2 is 2.04 bits per heavy atom. The van der Waals surface area contributed by atoms with Crippen molar-refractivity contribution in [2.45, 2.75) is 20.0 Å². The van der Waals surface area contributed by atoms with Crippen molar-refractivity contribution < 1.29 is 13.9 Å². The SMILES string of the molecule is CCn1nnnc1NCc1ccc(-c2ccc(C(=O)OC)cc2)o1. The molecule has 24 heavy (non-hydrogen) atoms. The summed E-state index contributed by atoms with van der Waals surface area (Å²) in [6.45, 7) is 3.12. The third kappa shape index (κ3) is 3.27. The van der Waals surface area contributed by atoms with E-state index in [1.165, 1.54) is 7.11 Å². The molecule has 0 saturated heterocycles. The number of nitrogens with zero attached hydrogens (tertiary/aromatic N) is 4. The lowest BCUT2D eigenvalue weighted by Gasteiger charge is -2.03. The normalized spacial score (nSPS) is 10.6. The molecule has 0 saturated carbocycles. The van der Waals surface area contributed by atoms with Crippen LogP contribution in [0.15, 0.2) is 40.8 Å². The highest BCUT2D eigenvalue weighted by atomic mass is 16.5. The number of tetrazole rings is 1. The highest BCUT2D eigenvalue weighted by Gasteiger charge is 2.09. The molecule has 0 radical (unpaired) electrons. The largest absolute Gasteiger partial charge is 0.465 e. The van der Waals surface area contributed by atoms with Crippen molar-refractivity contribution in [3.8, 4) is 11.3 Å². The van der Waals surface area contributed by atoms with Gasteiger partial charge in [0.25, 0.3) is 0 Å². The third-order valence-corrected chi connectivity index (χ3v) is 3.50. The Hall–Kier alpha value is -3.16. The molecule has 0 bridgehead atoms. The van der Waals surface area contributed by atoms with Crippen LogP contribution in [0.4, 0.5) is 5.95 Å². The van der Waals surface area contributed by atoms with Crippen LogP contribution in [0.3, 0.4) is 0 Å². The summed E-state index contributed by atoms with van der Waals surface area (Å²) in [7, 11) is 1.36. The summed E-state index contributed by atoms with van der Waals surface area (Å²) < 4.78 is 12.2. The molecule has 8 nitrogen and oxygen atoms in total. The summed E-state index contributed by atoms with van der Waals surface area (Å²) in [5, 5.41) is 14.5. The van der Waals surface area contributed by atoms with Crippen molar-refractivity contribution in [3.05, 3.63) is 47.7 Å². The fourth-order valence-electron chi connectivity index (χ4n) is 2.23. The van der Waals surface area contributed by atoms with Crippen molar-refractivity contribution in [1.82, 2.24) is 20.2 Å². The Balaban J connectivity index is 1.68. The molecule has 2 aromatic heterocycles. The number of nitrogens with one attached hydrogen (secondary N) is 1. The van der Waals surface area contributed by atoms with Gasteiger partial charge in [0.2, 0.25) is 5.95 Å². The molecule has 3 aromatic rings. The first-order chi connectivity index (χ1) is 11.7. The number of esters is 1. The smallest absolute Gasteiger partial charge is 0.337 e. The first-order valence-corrected chi connectivity index (χ1v) is 7.48. The van der Waals surface area contributed by atoms with Crippen molar-refractivity contribution in [2.75, 3.05) is 12.4 Å². The molecule has 0 spiro atoms. The average molecular weight is 327 g/mol. The Bertz CT molecular complexity index is 822. The van der Waals surface area contributed by atoms with Crippen molar-refractivity contribution in [3.63, 3.8) is 0 Å². The molecule has 2 heterocycles. The van der Waals surface area contributed by atoms with E-state index in [2.05, 4.69) is 25.6 Å². The Morgan fingerprint density at radius 3 is 2.75 bits per heavy atom. The van der Waals surface area contributed by atoms with Gasteiger partial charge in [0.05, 0.1) is 19.2 Å². The number of aryl methyl sites for hydroxylation is 1. The van der Waals surface area contributed by atoms with Crippen LogP contribution in [0.25, 0.3) is 11.3 Å². The van der Waals surface area contributed by atoms with Crippen LogP contribution in [0.1, 0.15) is 23.0 Å². The predicted molar refractivity (Wildman–Crippen MR) is 86.3 cm³/mol. The van der Waals surface area contributed by atoms with Gasteiger partial charge in [0.15, 0.2) is 0 Å². The molecule has 0 aliphatic rings. The first kappa shape index (κ1) is 15.7. The summed E-state index contributed by atoms with van der Waals surface area (Å²) >= 11 is 0. The van der Waals surface area contributed by atoms with E-state index in [-0.39, 0.29) is 5.97 Å². The van der Waals surface area contributed by atoms with Gasteiger partial charge in [0.1, 0.15) is 11.5 Å². The summed E-state index contributed by atoms with van der Waals surface area (Å²) in [5.41, 5.74) is 1.38. The van der Waals surface area contributed by atoms with E-state index in [1.807, 2.05) is 31.2 Å². The van der Waals surface area contributed by atoms with Crippen molar-refractivity contribution in [2.24, 2.45) is 0 Å². The van der Waals surface area contributed by atoms with E-state index in [9.17, 15) is 4.79 Å². The number of ether oxygens (including phenoxy) is 1. The van der Waals surface area contributed by atoms with Gasteiger partial charge in [-0.15, -0.1) is 0 Å². The van der Waals surface area contributed by atoms with Gasteiger partial charge in [-0.3, -0.25) is 0 Å². The molecule has 3 rings (SSSR count). The minimum atomic E-state index is -0.362. The second-order valence-corrected chi connectivity index (χ2v) is 5.01. The molecule has 0 amide bonds. The first-order valence-electron chi connectivity index (χ1n) is 7.48. The minimum Gasteiger partial charge on any atom is -0.465 e. The summed E-state index contributed by atoms with van der Waals surface area (Å²) in [4.78, 5) is 11.4. The van der Waals surface area contributed by atoms with Crippen LogP contribution in [-0.2, 0) is 17.8 Å². The number of furan rings is 1. The molecule has 124 valence electrons. The fourth-order valence-corrected chi connectivity index (χ4v) is 2.23. The Labute approximate surface area is 138 Å². The van der Waals surface area contributed by atoms with Gasteiger partial charge >= 0.3 is 5.97 Å². The second-order valence-electron chi connectivity index (χ2n) is 5.01. The molecular weight excluding hydrogens is 310 g/mol. The summed E-state index contributed by atoms with van der Waals surface area (Å²) in [6, 6.07) is 10.8. The number of carbonyl (C=O) groups excluding carboxylic acids is 1. The van der Waals surface area contributed by atoms with Gasteiger partial charge in [-0.2, -0.15) is 0 Å². The van der Waals surface area contributed by atoms with E-state index in [1.54, 1.807) is 16.8 Å². The van der Waals surface area contributed by atoms with Crippen molar-refractivity contribution >= 4 is 11.9 Å². The topological polar surface area (TPSA) is 95.1 Å². The number of carbonyl (C=O) groups is 1. The molecule has 0 aliphatic carbocycles. The van der Waals surface area contributed by atoms with E-state index in [4.69, 9.17) is 4.42 Å². The van der Waals surface area contributed by atoms with Crippen LogP contribution in [0.5, 0.6) is 0 Å². The molecule has 1 aromatic carbocycles. The maximum atomic E-state index is 11.4. The Kier molecular flexibility index (Phi) is 4.55. The summed E-state index contributed by atoms with van der Waals surface area (Å²) in [5.74, 6) is 1.71.